The molecule has 1 aromatic rings. The summed E-state index contributed by atoms with van der Waals surface area (Å²) < 4.78 is 5.59. The van der Waals surface area contributed by atoms with Crippen molar-refractivity contribution < 1.29 is 14.6 Å². The molecular weight excluding hydrogens is 254 g/mol. The van der Waals surface area contributed by atoms with Gasteiger partial charge in [0, 0.05) is 18.2 Å². The standard InChI is InChI=1S/C16H23NO3/c1-9(2)12-6-5-10(3)15(20-4)14(12)13-7-11(8-17-13)16(18)19/h5-6,9,11,13,17H,7-8H2,1-4H3,(H,18,19). The molecule has 20 heavy (non-hydrogen) atoms. The summed E-state index contributed by atoms with van der Waals surface area (Å²) in [6, 6.07) is 4.26. The summed E-state index contributed by atoms with van der Waals surface area (Å²) in [5.74, 6) is 0.230. The van der Waals surface area contributed by atoms with Crippen LogP contribution in [0.5, 0.6) is 5.75 Å². The van der Waals surface area contributed by atoms with E-state index in [4.69, 9.17) is 9.84 Å². The van der Waals surface area contributed by atoms with Crippen LogP contribution in [0, 0.1) is 12.8 Å². The zero-order chi connectivity index (χ0) is 14.9. The first-order valence-electron chi connectivity index (χ1n) is 7.09. The average Bonchev–Trinajstić information content (AvgIpc) is 2.87. The Morgan fingerprint density at radius 1 is 1.45 bits per heavy atom. The van der Waals surface area contributed by atoms with Gasteiger partial charge in [0.2, 0.25) is 0 Å². The first kappa shape index (κ1) is 14.9. The second kappa shape index (κ2) is 5.83. The van der Waals surface area contributed by atoms with Crippen molar-refractivity contribution in [2.24, 2.45) is 5.92 Å². The number of carboxylic acids is 1. The van der Waals surface area contributed by atoms with Gasteiger partial charge in [0.25, 0.3) is 0 Å². The molecule has 2 N–H and O–H groups in total. The highest BCUT2D eigenvalue weighted by Crippen LogP contribution is 2.40. The van der Waals surface area contributed by atoms with E-state index in [1.54, 1.807) is 7.11 Å². The van der Waals surface area contributed by atoms with E-state index < -0.39 is 5.97 Å². The van der Waals surface area contributed by atoms with Gasteiger partial charge in [0.1, 0.15) is 5.75 Å². The number of rotatable bonds is 4. The normalized spacial score (nSPS) is 22.2. The lowest BCUT2D eigenvalue weighted by Gasteiger charge is -2.23. The third kappa shape index (κ3) is 2.66. The van der Waals surface area contributed by atoms with E-state index in [2.05, 4.69) is 31.3 Å². The number of carbonyl (C=O) groups is 1. The molecule has 0 radical (unpaired) electrons. The van der Waals surface area contributed by atoms with Crippen molar-refractivity contribution in [2.75, 3.05) is 13.7 Å². The molecule has 2 unspecified atom stereocenters. The SMILES string of the molecule is COc1c(C)ccc(C(C)C)c1C1CC(C(=O)O)CN1. The van der Waals surface area contributed by atoms with E-state index >= 15 is 0 Å². The van der Waals surface area contributed by atoms with Crippen LogP contribution in [0.15, 0.2) is 12.1 Å². The Morgan fingerprint density at radius 3 is 2.65 bits per heavy atom. The van der Waals surface area contributed by atoms with Crippen molar-refractivity contribution in [1.82, 2.24) is 5.32 Å². The molecule has 0 aromatic heterocycles. The fourth-order valence-corrected chi connectivity index (χ4v) is 3.00. The molecule has 0 bridgehead atoms. The van der Waals surface area contributed by atoms with E-state index in [0.29, 0.717) is 18.9 Å². The van der Waals surface area contributed by atoms with Crippen LogP contribution in [-0.4, -0.2) is 24.7 Å². The summed E-state index contributed by atoms with van der Waals surface area (Å²) in [5.41, 5.74) is 3.45. The molecule has 2 atom stereocenters. The number of ether oxygens (including phenoxy) is 1. The first-order valence-corrected chi connectivity index (χ1v) is 7.09. The molecule has 1 fully saturated rings. The largest absolute Gasteiger partial charge is 0.496 e. The van der Waals surface area contributed by atoms with Gasteiger partial charge >= 0.3 is 5.97 Å². The Balaban J connectivity index is 2.44. The number of nitrogens with one attached hydrogen (secondary N) is 1. The monoisotopic (exact) mass is 277 g/mol. The molecule has 0 aliphatic carbocycles. The molecule has 0 saturated carbocycles. The number of carboxylic acid groups (broad SMARTS) is 1. The Hall–Kier alpha value is -1.55. The average molecular weight is 277 g/mol. The smallest absolute Gasteiger partial charge is 0.307 e. The molecule has 4 heteroatoms. The molecule has 0 spiro atoms. The molecular formula is C16H23NO3. The predicted octanol–water partition coefficient (Wildman–Crippen LogP) is 2.86. The van der Waals surface area contributed by atoms with Crippen molar-refractivity contribution in [2.45, 2.75) is 39.2 Å². The zero-order valence-electron chi connectivity index (χ0n) is 12.6. The Kier molecular flexibility index (Phi) is 4.33. The van der Waals surface area contributed by atoms with Crippen LogP contribution in [0.1, 0.15) is 48.9 Å². The van der Waals surface area contributed by atoms with Crippen LogP contribution in [0.2, 0.25) is 0 Å². The second-order valence-electron chi connectivity index (χ2n) is 5.81. The molecule has 1 aromatic carbocycles. The highest BCUT2D eigenvalue weighted by molar-refractivity contribution is 5.71. The summed E-state index contributed by atoms with van der Waals surface area (Å²) in [5, 5.41) is 12.5. The van der Waals surface area contributed by atoms with Gasteiger partial charge in [0.15, 0.2) is 0 Å². The molecule has 1 saturated heterocycles. The summed E-state index contributed by atoms with van der Waals surface area (Å²) >= 11 is 0. The van der Waals surface area contributed by atoms with Gasteiger partial charge in [-0.2, -0.15) is 0 Å². The molecule has 1 heterocycles. The van der Waals surface area contributed by atoms with Crippen molar-refractivity contribution in [3.63, 3.8) is 0 Å². The van der Waals surface area contributed by atoms with Gasteiger partial charge in [-0.05, 0) is 30.4 Å². The van der Waals surface area contributed by atoms with Gasteiger partial charge in [-0.25, -0.2) is 0 Å². The summed E-state index contributed by atoms with van der Waals surface area (Å²) in [7, 11) is 1.68. The number of benzene rings is 1. The van der Waals surface area contributed by atoms with Gasteiger partial charge in [-0.1, -0.05) is 26.0 Å². The van der Waals surface area contributed by atoms with Gasteiger partial charge in [-0.15, -0.1) is 0 Å². The molecule has 1 aliphatic heterocycles. The fraction of sp³-hybridized carbons (Fsp3) is 0.562. The van der Waals surface area contributed by atoms with Crippen molar-refractivity contribution >= 4 is 5.97 Å². The van der Waals surface area contributed by atoms with Crippen LogP contribution < -0.4 is 10.1 Å². The third-order valence-electron chi connectivity index (χ3n) is 4.08. The van der Waals surface area contributed by atoms with E-state index in [1.807, 2.05) is 6.92 Å². The number of hydrogen-bond acceptors (Lipinski definition) is 3. The number of hydrogen-bond donors (Lipinski definition) is 2. The molecule has 0 amide bonds. The number of aliphatic carboxylic acids is 1. The maximum Gasteiger partial charge on any atom is 0.307 e. The maximum atomic E-state index is 11.1. The number of aryl methyl sites for hydroxylation is 1. The second-order valence-corrected chi connectivity index (χ2v) is 5.81. The summed E-state index contributed by atoms with van der Waals surface area (Å²) in [6.07, 6.45) is 0.620. The minimum Gasteiger partial charge on any atom is -0.496 e. The minimum absolute atomic E-state index is 0.0587. The predicted molar refractivity (Wildman–Crippen MR) is 78.3 cm³/mol. The topological polar surface area (TPSA) is 58.6 Å². The third-order valence-corrected chi connectivity index (χ3v) is 4.08. The fourth-order valence-electron chi connectivity index (χ4n) is 3.00. The van der Waals surface area contributed by atoms with Crippen LogP contribution in [0.3, 0.4) is 0 Å². The van der Waals surface area contributed by atoms with Gasteiger partial charge in [-0.3, -0.25) is 4.79 Å². The summed E-state index contributed by atoms with van der Waals surface area (Å²) in [6.45, 7) is 6.85. The van der Waals surface area contributed by atoms with E-state index in [9.17, 15) is 4.79 Å². The van der Waals surface area contributed by atoms with Crippen molar-refractivity contribution in [3.8, 4) is 5.75 Å². The quantitative estimate of drug-likeness (QED) is 0.888. The lowest BCUT2D eigenvalue weighted by atomic mass is 9.88. The van der Waals surface area contributed by atoms with Crippen LogP contribution in [0.25, 0.3) is 0 Å². The van der Waals surface area contributed by atoms with E-state index in [1.165, 1.54) is 5.56 Å². The van der Waals surface area contributed by atoms with Gasteiger partial charge < -0.3 is 15.2 Å². The minimum atomic E-state index is -0.724. The zero-order valence-corrected chi connectivity index (χ0v) is 12.6. The van der Waals surface area contributed by atoms with Gasteiger partial charge in [0.05, 0.1) is 13.0 Å². The summed E-state index contributed by atoms with van der Waals surface area (Å²) in [4.78, 5) is 11.1. The number of methoxy groups -OCH3 is 1. The Bertz CT molecular complexity index is 511. The van der Waals surface area contributed by atoms with Crippen LogP contribution in [0.4, 0.5) is 0 Å². The van der Waals surface area contributed by atoms with Crippen LogP contribution >= 0.6 is 0 Å². The molecule has 4 nitrogen and oxygen atoms in total. The molecule has 1 aliphatic rings. The van der Waals surface area contributed by atoms with E-state index in [0.717, 1.165) is 16.9 Å². The molecule has 2 rings (SSSR count). The van der Waals surface area contributed by atoms with Crippen molar-refractivity contribution in [3.05, 3.63) is 28.8 Å². The lowest BCUT2D eigenvalue weighted by Crippen LogP contribution is -2.18. The van der Waals surface area contributed by atoms with Crippen LogP contribution in [-0.2, 0) is 4.79 Å². The van der Waals surface area contributed by atoms with Crippen molar-refractivity contribution in [1.29, 1.82) is 0 Å². The molecule has 110 valence electrons. The lowest BCUT2D eigenvalue weighted by molar-refractivity contribution is -0.141. The maximum absolute atomic E-state index is 11.1. The Labute approximate surface area is 120 Å². The van der Waals surface area contributed by atoms with E-state index in [-0.39, 0.29) is 12.0 Å². The highest BCUT2D eigenvalue weighted by Gasteiger charge is 2.33. The Morgan fingerprint density at radius 2 is 2.15 bits per heavy atom. The highest BCUT2D eigenvalue weighted by atomic mass is 16.5. The first-order chi connectivity index (χ1) is 9.45.